The molecular formula is C17H23N5S. The number of rotatable bonds is 6. The van der Waals surface area contributed by atoms with Crippen LogP contribution < -0.4 is 5.32 Å². The standard InChI is InChI=1S/C17H23N5S/c1-11-9-12(2)21-17-13(11)14-15(23-17)16(20-10-19-14)18-7-5-6-8-22(3)4/h9-10H,5-8H2,1-4H3,(H,18,19,20). The molecule has 0 spiro atoms. The summed E-state index contributed by atoms with van der Waals surface area (Å²) in [5.41, 5.74) is 3.29. The van der Waals surface area contributed by atoms with Crippen LogP contribution in [0.25, 0.3) is 20.4 Å². The minimum absolute atomic E-state index is 0.930. The molecule has 0 saturated heterocycles. The first kappa shape index (κ1) is 16.1. The minimum atomic E-state index is 0.930. The van der Waals surface area contributed by atoms with Gasteiger partial charge in [-0.25, -0.2) is 15.0 Å². The number of aryl methyl sites for hydroxylation is 2. The summed E-state index contributed by atoms with van der Waals surface area (Å²) in [6.45, 7) is 6.21. The highest BCUT2D eigenvalue weighted by atomic mass is 32.1. The van der Waals surface area contributed by atoms with E-state index in [2.05, 4.69) is 52.3 Å². The van der Waals surface area contributed by atoms with Crippen LogP contribution in [0.2, 0.25) is 0 Å². The van der Waals surface area contributed by atoms with E-state index in [-0.39, 0.29) is 0 Å². The van der Waals surface area contributed by atoms with E-state index in [0.717, 1.165) is 51.5 Å². The third-order valence-corrected chi connectivity index (χ3v) is 4.95. The van der Waals surface area contributed by atoms with E-state index in [1.807, 2.05) is 6.92 Å². The molecule has 0 amide bonds. The van der Waals surface area contributed by atoms with Crippen LogP contribution >= 0.6 is 11.3 Å². The third-order valence-electron chi connectivity index (χ3n) is 3.88. The molecule has 0 unspecified atom stereocenters. The molecule has 0 radical (unpaired) electrons. The Morgan fingerprint density at radius 2 is 2.00 bits per heavy atom. The fourth-order valence-corrected chi connectivity index (χ4v) is 4.01. The second-order valence-corrected chi connectivity index (χ2v) is 7.20. The molecule has 0 aliphatic rings. The van der Waals surface area contributed by atoms with Crippen LogP contribution in [-0.2, 0) is 0 Å². The lowest BCUT2D eigenvalue weighted by molar-refractivity contribution is 0.396. The van der Waals surface area contributed by atoms with Crippen LogP contribution in [0.1, 0.15) is 24.1 Å². The Bertz CT molecular complexity index is 825. The maximum Gasteiger partial charge on any atom is 0.147 e. The highest BCUT2D eigenvalue weighted by Gasteiger charge is 2.14. The molecule has 23 heavy (non-hydrogen) atoms. The van der Waals surface area contributed by atoms with Crippen LogP contribution in [0.4, 0.5) is 5.82 Å². The Kier molecular flexibility index (Phi) is 4.73. The second kappa shape index (κ2) is 6.76. The number of nitrogens with zero attached hydrogens (tertiary/aromatic N) is 4. The van der Waals surface area contributed by atoms with Gasteiger partial charge in [-0.05, 0) is 59.0 Å². The molecule has 3 aromatic rings. The van der Waals surface area contributed by atoms with Gasteiger partial charge in [-0.15, -0.1) is 11.3 Å². The topological polar surface area (TPSA) is 53.9 Å². The van der Waals surface area contributed by atoms with Crippen molar-refractivity contribution < 1.29 is 0 Å². The van der Waals surface area contributed by atoms with Gasteiger partial charge in [0, 0.05) is 17.6 Å². The van der Waals surface area contributed by atoms with Crippen molar-refractivity contribution in [2.75, 3.05) is 32.5 Å². The first-order valence-corrected chi connectivity index (χ1v) is 8.78. The number of anilines is 1. The molecule has 0 fully saturated rings. The second-order valence-electron chi connectivity index (χ2n) is 6.20. The maximum absolute atomic E-state index is 4.66. The van der Waals surface area contributed by atoms with Gasteiger partial charge in [0.1, 0.15) is 17.0 Å². The summed E-state index contributed by atoms with van der Waals surface area (Å²) in [5, 5.41) is 4.63. The number of fused-ring (bicyclic) bond motifs is 3. The molecular weight excluding hydrogens is 306 g/mol. The van der Waals surface area contributed by atoms with Gasteiger partial charge in [0.05, 0.1) is 10.2 Å². The molecule has 0 aromatic carbocycles. The highest BCUT2D eigenvalue weighted by molar-refractivity contribution is 7.26. The van der Waals surface area contributed by atoms with Crippen molar-refractivity contribution in [3.63, 3.8) is 0 Å². The summed E-state index contributed by atoms with van der Waals surface area (Å²) < 4.78 is 1.11. The molecule has 0 aliphatic carbocycles. The van der Waals surface area contributed by atoms with Gasteiger partial charge in [-0.3, -0.25) is 0 Å². The monoisotopic (exact) mass is 329 g/mol. The van der Waals surface area contributed by atoms with Crippen molar-refractivity contribution in [3.8, 4) is 0 Å². The van der Waals surface area contributed by atoms with E-state index in [4.69, 9.17) is 0 Å². The van der Waals surface area contributed by atoms with Gasteiger partial charge < -0.3 is 10.2 Å². The van der Waals surface area contributed by atoms with Gasteiger partial charge >= 0.3 is 0 Å². The normalized spacial score (nSPS) is 11.7. The molecule has 0 atom stereocenters. The molecule has 3 rings (SSSR count). The lowest BCUT2D eigenvalue weighted by Crippen LogP contribution is -2.14. The van der Waals surface area contributed by atoms with E-state index >= 15 is 0 Å². The predicted octanol–water partition coefficient (Wildman–Crippen LogP) is 3.61. The average molecular weight is 329 g/mol. The Morgan fingerprint density at radius 1 is 1.17 bits per heavy atom. The average Bonchev–Trinajstić information content (AvgIpc) is 2.85. The van der Waals surface area contributed by atoms with Crippen molar-refractivity contribution in [2.24, 2.45) is 0 Å². The molecule has 5 nitrogen and oxygen atoms in total. The lowest BCUT2D eigenvalue weighted by Gasteiger charge is -2.09. The van der Waals surface area contributed by atoms with E-state index in [1.54, 1.807) is 17.7 Å². The Balaban J connectivity index is 1.86. The van der Waals surface area contributed by atoms with Crippen LogP contribution in [0.3, 0.4) is 0 Å². The molecule has 1 N–H and O–H groups in total. The van der Waals surface area contributed by atoms with Crippen molar-refractivity contribution in [3.05, 3.63) is 23.7 Å². The Hall–Kier alpha value is -1.79. The molecule has 122 valence electrons. The van der Waals surface area contributed by atoms with Gasteiger partial charge in [0.15, 0.2) is 0 Å². The van der Waals surface area contributed by atoms with E-state index in [0.29, 0.717) is 0 Å². The summed E-state index contributed by atoms with van der Waals surface area (Å²) in [5.74, 6) is 0.930. The fraction of sp³-hybridized carbons (Fsp3) is 0.471. The third kappa shape index (κ3) is 3.43. The summed E-state index contributed by atoms with van der Waals surface area (Å²) in [6, 6.07) is 2.12. The van der Waals surface area contributed by atoms with Gasteiger partial charge in [-0.1, -0.05) is 0 Å². The largest absolute Gasteiger partial charge is 0.369 e. The van der Waals surface area contributed by atoms with Gasteiger partial charge in [-0.2, -0.15) is 0 Å². The number of pyridine rings is 1. The van der Waals surface area contributed by atoms with Crippen LogP contribution in [0, 0.1) is 13.8 Å². The fourth-order valence-electron chi connectivity index (χ4n) is 2.80. The summed E-state index contributed by atoms with van der Waals surface area (Å²) in [7, 11) is 4.21. The Labute approximate surface area is 140 Å². The SMILES string of the molecule is Cc1cc(C)c2c(n1)sc1c(NCCCCN(C)C)ncnc12. The first-order valence-electron chi connectivity index (χ1n) is 7.96. The van der Waals surface area contributed by atoms with Crippen LogP contribution in [0.5, 0.6) is 0 Å². The zero-order valence-corrected chi connectivity index (χ0v) is 15.0. The Morgan fingerprint density at radius 3 is 2.78 bits per heavy atom. The van der Waals surface area contributed by atoms with Crippen molar-refractivity contribution in [2.45, 2.75) is 26.7 Å². The molecule has 0 aliphatic heterocycles. The molecule has 3 aromatic heterocycles. The zero-order valence-electron chi connectivity index (χ0n) is 14.2. The molecule has 6 heteroatoms. The number of aromatic nitrogens is 3. The quantitative estimate of drug-likeness (QED) is 0.700. The molecule has 3 heterocycles. The highest BCUT2D eigenvalue weighted by Crippen LogP contribution is 2.36. The van der Waals surface area contributed by atoms with Crippen molar-refractivity contribution >= 4 is 37.6 Å². The molecule has 0 bridgehead atoms. The summed E-state index contributed by atoms with van der Waals surface area (Å²) in [6.07, 6.45) is 3.96. The molecule has 0 saturated carbocycles. The predicted molar refractivity (Wildman–Crippen MR) is 98.5 cm³/mol. The van der Waals surface area contributed by atoms with Crippen molar-refractivity contribution in [1.82, 2.24) is 19.9 Å². The first-order chi connectivity index (χ1) is 11.1. The summed E-state index contributed by atoms with van der Waals surface area (Å²) >= 11 is 1.68. The number of thiophene rings is 1. The van der Waals surface area contributed by atoms with Crippen molar-refractivity contribution in [1.29, 1.82) is 0 Å². The van der Waals surface area contributed by atoms with Crippen LogP contribution in [-0.4, -0.2) is 47.0 Å². The smallest absolute Gasteiger partial charge is 0.147 e. The maximum atomic E-state index is 4.66. The number of hydrogen-bond acceptors (Lipinski definition) is 6. The zero-order chi connectivity index (χ0) is 16.4. The lowest BCUT2D eigenvalue weighted by atomic mass is 10.1. The number of nitrogens with one attached hydrogen (secondary N) is 1. The number of hydrogen-bond donors (Lipinski definition) is 1. The van der Waals surface area contributed by atoms with Crippen LogP contribution in [0.15, 0.2) is 12.4 Å². The van der Waals surface area contributed by atoms with E-state index in [9.17, 15) is 0 Å². The van der Waals surface area contributed by atoms with Gasteiger partial charge in [0.2, 0.25) is 0 Å². The number of unbranched alkanes of at least 4 members (excludes halogenated alkanes) is 1. The van der Waals surface area contributed by atoms with E-state index in [1.165, 1.54) is 12.0 Å². The van der Waals surface area contributed by atoms with Gasteiger partial charge in [0.25, 0.3) is 0 Å². The summed E-state index contributed by atoms with van der Waals surface area (Å²) in [4.78, 5) is 16.9. The van der Waals surface area contributed by atoms with E-state index < -0.39 is 0 Å². The minimum Gasteiger partial charge on any atom is -0.369 e.